The van der Waals surface area contributed by atoms with Crippen LogP contribution in [-0.2, 0) is 17.8 Å². The number of para-hydroxylation sites is 1. The molecule has 1 aromatic carbocycles. The minimum Gasteiger partial charge on any atom is -0.481 e. The molecule has 0 amide bonds. The van der Waals surface area contributed by atoms with Gasteiger partial charge in [-0.15, -0.1) is 0 Å². The van der Waals surface area contributed by atoms with Gasteiger partial charge < -0.3 is 19.7 Å². The third kappa shape index (κ3) is 3.87. The van der Waals surface area contributed by atoms with E-state index in [0.29, 0.717) is 13.1 Å². The molecule has 0 aliphatic heterocycles. The lowest BCUT2D eigenvalue weighted by molar-refractivity contribution is -0.136. The molecule has 5 heteroatoms. The molecule has 2 aromatic rings. The maximum atomic E-state index is 11.0. The predicted octanol–water partition coefficient (Wildman–Crippen LogP) is 1.97. The van der Waals surface area contributed by atoms with E-state index in [0.717, 1.165) is 29.6 Å². The summed E-state index contributed by atoms with van der Waals surface area (Å²) in [7, 11) is 0. The van der Waals surface area contributed by atoms with Crippen molar-refractivity contribution < 1.29 is 15.0 Å². The van der Waals surface area contributed by atoms with Crippen molar-refractivity contribution in [2.75, 3.05) is 19.6 Å². The monoisotopic (exact) mass is 304 g/mol. The molecule has 0 aliphatic rings. The van der Waals surface area contributed by atoms with Crippen LogP contribution in [0.5, 0.6) is 0 Å². The van der Waals surface area contributed by atoms with Gasteiger partial charge in [0, 0.05) is 30.2 Å². The van der Waals surface area contributed by atoms with E-state index in [-0.39, 0.29) is 6.42 Å². The zero-order valence-corrected chi connectivity index (χ0v) is 13.2. The Morgan fingerprint density at radius 1 is 1.27 bits per heavy atom. The van der Waals surface area contributed by atoms with Gasteiger partial charge in [0.2, 0.25) is 0 Å². The van der Waals surface area contributed by atoms with E-state index in [4.69, 9.17) is 5.11 Å². The number of rotatable bonds is 8. The molecule has 1 unspecified atom stereocenters. The highest BCUT2D eigenvalue weighted by molar-refractivity contribution is 5.87. The van der Waals surface area contributed by atoms with Crippen molar-refractivity contribution in [1.82, 2.24) is 9.47 Å². The second-order valence-corrected chi connectivity index (χ2v) is 5.53. The number of aliphatic hydroxyl groups is 1. The van der Waals surface area contributed by atoms with Crippen LogP contribution in [-0.4, -0.2) is 51.4 Å². The Morgan fingerprint density at radius 2 is 1.95 bits per heavy atom. The molecule has 1 atom stereocenters. The maximum Gasteiger partial charge on any atom is 0.307 e. The van der Waals surface area contributed by atoms with Crippen LogP contribution < -0.4 is 0 Å². The second-order valence-electron chi connectivity index (χ2n) is 5.53. The molecular weight excluding hydrogens is 280 g/mol. The molecule has 0 bridgehead atoms. The smallest absolute Gasteiger partial charge is 0.307 e. The minimum absolute atomic E-state index is 0.000344. The number of nitrogens with zero attached hydrogens (tertiary/aromatic N) is 2. The first-order valence-corrected chi connectivity index (χ1v) is 7.74. The van der Waals surface area contributed by atoms with Crippen molar-refractivity contribution in [2.45, 2.75) is 32.9 Å². The van der Waals surface area contributed by atoms with E-state index in [2.05, 4.69) is 18.7 Å². The van der Waals surface area contributed by atoms with Gasteiger partial charge in [-0.05, 0) is 24.7 Å². The molecule has 22 heavy (non-hydrogen) atoms. The molecule has 1 heterocycles. The Kier molecular flexibility index (Phi) is 5.57. The van der Waals surface area contributed by atoms with Crippen LogP contribution in [0.15, 0.2) is 30.5 Å². The van der Waals surface area contributed by atoms with Crippen LogP contribution >= 0.6 is 0 Å². The first-order chi connectivity index (χ1) is 10.5. The van der Waals surface area contributed by atoms with E-state index in [9.17, 15) is 9.90 Å². The van der Waals surface area contributed by atoms with Gasteiger partial charge in [-0.2, -0.15) is 0 Å². The fraction of sp³-hybridized carbons (Fsp3) is 0.471. The van der Waals surface area contributed by atoms with Crippen molar-refractivity contribution in [3.8, 4) is 0 Å². The third-order valence-electron chi connectivity index (χ3n) is 3.98. The normalized spacial score (nSPS) is 12.9. The number of benzene rings is 1. The molecule has 2 rings (SSSR count). The van der Waals surface area contributed by atoms with Crippen molar-refractivity contribution >= 4 is 16.9 Å². The molecule has 0 fully saturated rings. The number of aromatic nitrogens is 1. The number of aliphatic hydroxyl groups excluding tert-OH is 1. The number of hydrogen-bond acceptors (Lipinski definition) is 3. The first-order valence-electron chi connectivity index (χ1n) is 7.74. The lowest BCUT2D eigenvalue weighted by Gasteiger charge is -2.22. The zero-order valence-electron chi connectivity index (χ0n) is 13.2. The Bertz CT molecular complexity index is 632. The number of hydrogen-bond donors (Lipinski definition) is 2. The first kappa shape index (κ1) is 16.5. The van der Waals surface area contributed by atoms with Crippen LogP contribution in [0.3, 0.4) is 0 Å². The van der Waals surface area contributed by atoms with E-state index in [1.54, 1.807) is 0 Å². The summed E-state index contributed by atoms with van der Waals surface area (Å²) in [6.45, 7) is 7.05. The summed E-state index contributed by atoms with van der Waals surface area (Å²) in [4.78, 5) is 13.2. The van der Waals surface area contributed by atoms with Gasteiger partial charge >= 0.3 is 5.97 Å². The average molecular weight is 304 g/mol. The average Bonchev–Trinajstić information content (AvgIpc) is 2.82. The summed E-state index contributed by atoms with van der Waals surface area (Å²) in [6.07, 6.45) is 1.37. The van der Waals surface area contributed by atoms with Gasteiger partial charge in [-0.25, -0.2) is 0 Å². The molecule has 0 radical (unpaired) electrons. The quantitative estimate of drug-likeness (QED) is 0.782. The summed E-state index contributed by atoms with van der Waals surface area (Å²) in [5, 5.41) is 20.3. The van der Waals surface area contributed by atoms with Crippen LogP contribution in [0.4, 0.5) is 0 Å². The Morgan fingerprint density at radius 3 is 2.59 bits per heavy atom. The third-order valence-corrected chi connectivity index (χ3v) is 3.98. The van der Waals surface area contributed by atoms with Crippen LogP contribution in [0.1, 0.15) is 19.4 Å². The molecule has 0 aliphatic carbocycles. The molecule has 0 spiro atoms. The zero-order chi connectivity index (χ0) is 16.1. The number of carboxylic acids is 1. The van der Waals surface area contributed by atoms with E-state index < -0.39 is 12.1 Å². The molecule has 120 valence electrons. The number of likely N-dealkylation sites (N-methyl/N-ethyl adjacent to an activating group) is 1. The number of aliphatic carboxylic acids is 1. The largest absolute Gasteiger partial charge is 0.481 e. The van der Waals surface area contributed by atoms with E-state index in [1.165, 1.54) is 0 Å². The fourth-order valence-electron chi connectivity index (χ4n) is 2.84. The molecule has 0 saturated carbocycles. The summed E-state index contributed by atoms with van der Waals surface area (Å²) in [5.41, 5.74) is 1.76. The van der Waals surface area contributed by atoms with Gasteiger partial charge in [0.1, 0.15) is 0 Å². The molecule has 2 N–H and O–H groups in total. The summed E-state index contributed by atoms with van der Waals surface area (Å²) >= 11 is 0. The second kappa shape index (κ2) is 7.42. The molecule has 1 aromatic heterocycles. The van der Waals surface area contributed by atoms with Crippen LogP contribution in [0.2, 0.25) is 0 Å². The maximum absolute atomic E-state index is 11.0. The van der Waals surface area contributed by atoms with Gasteiger partial charge in [0.15, 0.2) is 0 Å². The topological polar surface area (TPSA) is 65.7 Å². The van der Waals surface area contributed by atoms with Crippen molar-refractivity contribution in [3.63, 3.8) is 0 Å². The lowest BCUT2D eigenvalue weighted by atomic mass is 10.1. The van der Waals surface area contributed by atoms with Gasteiger partial charge in [-0.3, -0.25) is 4.79 Å². The predicted molar refractivity (Wildman–Crippen MR) is 87.1 cm³/mol. The number of fused-ring (bicyclic) bond motifs is 1. The fourth-order valence-corrected chi connectivity index (χ4v) is 2.84. The van der Waals surface area contributed by atoms with Crippen LogP contribution in [0.25, 0.3) is 10.9 Å². The Balaban J connectivity index is 2.22. The summed E-state index contributed by atoms with van der Waals surface area (Å²) in [6, 6.07) is 7.73. The number of carbonyl (C=O) groups is 1. The highest BCUT2D eigenvalue weighted by Gasteiger charge is 2.14. The van der Waals surface area contributed by atoms with Crippen molar-refractivity contribution in [3.05, 3.63) is 36.0 Å². The summed E-state index contributed by atoms with van der Waals surface area (Å²) < 4.78 is 1.96. The Hall–Kier alpha value is -1.85. The van der Waals surface area contributed by atoms with E-state index >= 15 is 0 Å². The highest BCUT2D eigenvalue weighted by atomic mass is 16.4. The van der Waals surface area contributed by atoms with Gasteiger partial charge in [0.05, 0.1) is 12.5 Å². The molecule has 0 saturated heterocycles. The summed E-state index contributed by atoms with van der Waals surface area (Å²) in [5.74, 6) is -0.841. The lowest BCUT2D eigenvalue weighted by Crippen LogP contribution is -2.34. The highest BCUT2D eigenvalue weighted by Crippen LogP contribution is 2.22. The van der Waals surface area contributed by atoms with Gasteiger partial charge in [0.25, 0.3) is 0 Å². The van der Waals surface area contributed by atoms with Crippen LogP contribution in [0, 0.1) is 0 Å². The standard InChI is InChI=1S/C17H24N2O3/c1-3-18(4-2)11-14(20)12-19-10-13(9-17(21)22)15-7-5-6-8-16(15)19/h5-8,10,14,20H,3-4,9,11-12H2,1-2H3,(H,21,22). The van der Waals surface area contributed by atoms with E-state index in [1.807, 2.05) is 35.0 Å². The minimum atomic E-state index is -0.841. The molecular formula is C17H24N2O3. The van der Waals surface area contributed by atoms with Crippen molar-refractivity contribution in [2.24, 2.45) is 0 Å². The van der Waals surface area contributed by atoms with Crippen molar-refractivity contribution in [1.29, 1.82) is 0 Å². The molecule has 5 nitrogen and oxygen atoms in total. The Labute approximate surface area is 130 Å². The number of carboxylic acid groups (broad SMARTS) is 1. The van der Waals surface area contributed by atoms with Gasteiger partial charge in [-0.1, -0.05) is 32.0 Å². The SMILES string of the molecule is CCN(CC)CC(O)Cn1cc(CC(=O)O)c2ccccc21.